The predicted molar refractivity (Wildman–Crippen MR) is 172 cm³/mol. The van der Waals surface area contributed by atoms with Crippen molar-refractivity contribution < 1.29 is 5.11 Å². The van der Waals surface area contributed by atoms with Crippen LogP contribution in [0.2, 0.25) is 0 Å². The Morgan fingerprint density at radius 1 is 0.535 bits per heavy atom. The van der Waals surface area contributed by atoms with E-state index in [4.69, 9.17) is 9.97 Å². The third-order valence-corrected chi connectivity index (χ3v) is 8.48. The van der Waals surface area contributed by atoms with Crippen molar-refractivity contribution in [2.75, 3.05) is 0 Å². The van der Waals surface area contributed by atoms with E-state index >= 15 is 0 Å². The molecule has 0 amide bonds. The molecule has 0 saturated heterocycles. The first-order chi connectivity index (χ1) is 21.2. The number of para-hydroxylation sites is 1. The normalized spacial score (nSPS) is 12.9. The molecule has 43 heavy (non-hydrogen) atoms. The molecule has 8 rings (SSSR count). The van der Waals surface area contributed by atoms with Gasteiger partial charge in [0.15, 0.2) is 0 Å². The van der Waals surface area contributed by atoms with Crippen LogP contribution >= 0.6 is 0 Å². The number of phenolic OH excluding ortho intramolecular Hbond substituents is 1. The maximum absolute atomic E-state index is 10.7. The summed E-state index contributed by atoms with van der Waals surface area (Å²) in [4.78, 5) is 13.8. The molecule has 0 unspecified atom stereocenters. The van der Waals surface area contributed by atoms with Crippen molar-refractivity contribution in [1.82, 2.24) is 15.0 Å². The van der Waals surface area contributed by atoms with Gasteiger partial charge in [0, 0.05) is 17.5 Å². The van der Waals surface area contributed by atoms with Crippen LogP contribution in [0.3, 0.4) is 0 Å². The number of fused-ring (bicyclic) bond motifs is 3. The third kappa shape index (κ3) is 3.92. The Balaban J connectivity index is 1.36. The Morgan fingerprint density at radius 2 is 1.16 bits per heavy atom. The van der Waals surface area contributed by atoms with E-state index in [-0.39, 0.29) is 5.75 Å². The fourth-order valence-corrected chi connectivity index (χ4v) is 6.58. The highest BCUT2D eigenvalue weighted by Crippen LogP contribution is 2.55. The second-order valence-corrected chi connectivity index (χ2v) is 10.9. The molecule has 1 aliphatic rings. The van der Waals surface area contributed by atoms with E-state index in [1.165, 1.54) is 22.3 Å². The topological polar surface area (TPSA) is 61.8 Å². The number of H-pyrrole nitrogens is 1. The molecule has 0 bridgehead atoms. The zero-order valence-electron chi connectivity index (χ0n) is 23.3. The average molecular weight is 554 g/mol. The number of pyridine rings is 2. The highest BCUT2D eigenvalue weighted by atomic mass is 16.3. The lowest BCUT2D eigenvalue weighted by Gasteiger charge is -2.31. The van der Waals surface area contributed by atoms with Crippen LogP contribution in [-0.2, 0) is 5.41 Å². The van der Waals surface area contributed by atoms with E-state index in [9.17, 15) is 5.11 Å². The third-order valence-electron chi connectivity index (χ3n) is 8.48. The summed E-state index contributed by atoms with van der Waals surface area (Å²) in [7, 11) is 0. The summed E-state index contributed by atoms with van der Waals surface area (Å²) in [6, 6.07) is 49.4. The first kappa shape index (κ1) is 25.0. The van der Waals surface area contributed by atoms with Crippen molar-refractivity contribution in [3.05, 3.63) is 174 Å². The summed E-state index contributed by atoms with van der Waals surface area (Å²) in [5.41, 5.74) is 11.4. The van der Waals surface area contributed by atoms with Crippen LogP contribution in [0.4, 0.5) is 0 Å². The molecule has 0 fully saturated rings. The van der Waals surface area contributed by atoms with Crippen LogP contribution < -0.4 is 0 Å². The quantitative estimate of drug-likeness (QED) is 0.224. The van der Waals surface area contributed by atoms with Gasteiger partial charge in [0.25, 0.3) is 0 Å². The van der Waals surface area contributed by atoms with E-state index < -0.39 is 5.41 Å². The number of nitrogens with one attached hydrogen (secondary N) is 1. The van der Waals surface area contributed by atoms with Gasteiger partial charge in [-0.2, -0.15) is 0 Å². The van der Waals surface area contributed by atoms with Crippen molar-refractivity contribution in [2.24, 2.45) is 0 Å². The summed E-state index contributed by atoms with van der Waals surface area (Å²) in [6.45, 7) is 0. The molecule has 0 aliphatic heterocycles. The lowest BCUT2D eigenvalue weighted by atomic mass is 9.72. The minimum atomic E-state index is -0.621. The molecule has 7 aromatic rings. The second-order valence-electron chi connectivity index (χ2n) is 10.9. The summed E-state index contributed by atoms with van der Waals surface area (Å²) in [5, 5.41) is 10.7. The van der Waals surface area contributed by atoms with Gasteiger partial charge in [-0.15, -0.1) is 0 Å². The Hall–Kier alpha value is -5.74. The summed E-state index contributed by atoms with van der Waals surface area (Å²) in [5.74, 6) is 0.201. The van der Waals surface area contributed by atoms with Gasteiger partial charge in [-0.05, 0) is 81.9 Å². The largest absolute Gasteiger partial charge is 0.507 e. The van der Waals surface area contributed by atoms with Gasteiger partial charge >= 0.3 is 0 Å². The Morgan fingerprint density at radius 3 is 1.86 bits per heavy atom. The Labute approximate surface area is 250 Å². The number of nitrogens with zero attached hydrogens (tertiary/aromatic N) is 2. The van der Waals surface area contributed by atoms with E-state index in [0.29, 0.717) is 11.3 Å². The van der Waals surface area contributed by atoms with Crippen LogP contribution in [0.15, 0.2) is 152 Å². The van der Waals surface area contributed by atoms with Gasteiger partial charge < -0.3 is 10.1 Å². The van der Waals surface area contributed by atoms with Crippen LogP contribution in [0.25, 0.3) is 44.9 Å². The molecule has 0 saturated carbocycles. The predicted octanol–water partition coefficient (Wildman–Crippen LogP) is 8.87. The lowest BCUT2D eigenvalue weighted by molar-refractivity contribution is 0.477. The first-order valence-corrected chi connectivity index (χ1v) is 14.4. The molecule has 0 atom stereocenters. The molecular formula is C39H27N3O. The zero-order valence-corrected chi connectivity index (χ0v) is 23.3. The van der Waals surface area contributed by atoms with E-state index in [1.807, 2.05) is 54.7 Å². The second kappa shape index (κ2) is 9.97. The van der Waals surface area contributed by atoms with Crippen molar-refractivity contribution in [1.29, 1.82) is 0 Å². The molecule has 1 aliphatic carbocycles. The zero-order chi connectivity index (χ0) is 28.8. The van der Waals surface area contributed by atoms with Gasteiger partial charge in [0.2, 0.25) is 0 Å². The number of hydrogen-bond acceptors (Lipinski definition) is 3. The lowest BCUT2D eigenvalue weighted by Crippen LogP contribution is -2.30. The van der Waals surface area contributed by atoms with Crippen LogP contribution in [-0.4, -0.2) is 20.1 Å². The van der Waals surface area contributed by atoms with Crippen molar-refractivity contribution >= 4 is 0 Å². The van der Waals surface area contributed by atoms with Crippen molar-refractivity contribution in [3.63, 3.8) is 0 Å². The first-order valence-electron chi connectivity index (χ1n) is 14.4. The van der Waals surface area contributed by atoms with Crippen LogP contribution in [0, 0.1) is 0 Å². The molecule has 4 aromatic carbocycles. The molecule has 0 radical (unpaired) electrons. The minimum Gasteiger partial charge on any atom is -0.507 e. The van der Waals surface area contributed by atoms with Gasteiger partial charge in [0.05, 0.1) is 22.8 Å². The Kier molecular flexibility index (Phi) is 5.80. The van der Waals surface area contributed by atoms with Crippen molar-refractivity contribution in [2.45, 2.75) is 5.41 Å². The van der Waals surface area contributed by atoms with Crippen LogP contribution in [0.5, 0.6) is 5.75 Å². The minimum absolute atomic E-state index is 0.201. The van der Waals surface area contributed by atoms with E-state index in [1.54, 1.807) is 6.07 Å². The number of benzene rings is 4. The number of rotatable bonds is 5. The molecule has 3 aromatic heterocycles. The van der Waals surface area contributed by atoms with Crippen molar-refractivity contribution in [3.8, 4) is 50.6 Å². The molecule has 204 valence electrons. The van der Waals surface area contributed by atoms with Gasteiger partial charge in [0.1, 0.15) is 11.2 Å². The maximum Gasteiger partial charge on any atom is 0.124 e. The highest BCUT2D eigenvalue weighted by molar-refractivity contribution is 5.86. The number of hydrogen-bond donors (Lipinski definition) is 2. The summed E-state index contributed by atoms with van der Waals surface area (Å²) < 4.78 is 0. The average Bonchev–Trinajstić information content (AvgIpc) is 3.68. The number of aromatic hydroxyl groups is 1. The van der Waals surface area contributed by atoms with Gasteiger partial charge in [-0.25, -0.2) is 4.98 Å². The molecule has 4 nitrogen and oxygen atoms in total. The standard InChI is InChI=1S/C39H27N3O/c43-36-19-9-6-16-30(36)34-24-27(26-12-2-1-3-13-26)25-35(41-34)33-21-22-38(42-33)39(37-20-10-11-23-40-37)31-17-7-4-14-28(31)29-15-5-8-18-32(29)39/h1-25,42-43H. The molecular weight excluding hydrogens is 526 g/mol. The number of phenols is 1. The SMILES string of the molecule is Oc1ccccc1-c1cc(-c2ccccc2)cc(-c2ccc(C3(c4ccccn4)c4ccccc4-c4ccccc43)[nH]2)n1. The number of aromatic amines is 1. The Bertz CT molecular complexity index is 2050. The summed E-state index contributed by atoms with van der Waals surface area (Å²) >= 11 is 0. The molecule has 4 heteroatoms. The van der Waals surface area contributed by atoms with Gasteiger partial charge in [-0.1, -0.05) is 97.1 Å². The fraction of sp³-hybridized carbons (Fsp3) is 0.0256. The number of aromatic nitrogens is 3. The molecule has 3 heterocycles. The van der Waals surface area contributed by atoms with Crippen LogP contribution in [0.1, 0.15) is 22.5 Å². The van der Waals surface area contributed by atoms with E-state index in [2.05, 4.69) is 96.0 Å². The highest BCUT2D eigenvalue weighted by Gasteiger charge is 2.48. The van der Waals surface area contributed by atoms with E-state index in [0.717, 1.165) is 33.9 Å². The van der Waals surface area contributed by atoms with Gasteiger partial charge in [-0.3, -0.25) is 4.98 Å². The summed E-state index contributed by atoms with van der Waals surface area (Å²) in [6.07, 6.45) is 1.87. The molecule has 0 spiro atoms. The monoisotopic (exact) mass is 553 g/mol. The fourth-order valence-electron chi connectivity index (χ4n) is 6.58. The maximum atomic E-state index is 10.7. The smallest absolute Gasteiger partial charge is 0.124 e. The molecule has 2 N–H and O–H groups in total.